The number of fused-ring (bicyclic) bond motifs is 3. The number of urea groups is 1. The summed E-state index contributed by atoms with van der Waals surface area (Å²) in [5, 5.41) is 8.56. The van der Waals surface area contributed by atoms with E-state index in [0.29, 0.717) is 17.3 Å². The molecule has 7 rings (SSSR count). The first-order valence-corrected chi connectivity index (χ1v) is 13.2. The number of hydrogen-bond donors (Lipinski definition) is 1. The normalized spacial score (nSPS) is 18.6. The number of rotatable bonds is 3. The van der Waals surface area contributed by atoms with E-state index in [1.807, 2.05) is 41.3 Å². The molecule has 1 fully saturated rings. The van der Waals surface area contributed by atoms with Crippen molar-refractivity contribution in [3.63, 3.8) is 0 Å². The second-order valence-corrected chi connectivity index (χ2v) is 10.5. The summed E-state index contributed by atoms with van der Waals surface area (Å²) in [6.07, 6.45) is 3.72. The highest BCUT2D eigenvalue weighted by molar-refractivity contribution is 6.30. The predicted molar refractivity (Wildman–Crippen MR) is 153 cm³/mol. The van der Waals surface area contributed by atoms with Crippen LogP contribution in [0.25, 0.3) is 21.5 Å². The van der Waals surface area contributed by atoms with E-state index in [0.717, 1.165) is 51.2 Å². The van der Waals surface area contributed by atoms with Gasteiger partial charge in [-0.2, -0.15) is 0 Å². The van der Waals surface area contributed by atoms with E-state index >= 15 is 0 Å². The first-order chi connectivity index (χ1) is 18.6. The van der Waals surface area contributed by atoms with E-state index in [1.165, 1.54) is 0 Å². The van der Waals surface area contributed by atoms with Crippen molar-refractivity contribution in [2.24, 2.45) is 5.92 Å². The molecule has 1 N–H and O–H groups in total. The molecule has 4 aromatic carbocycles. The van der Waals surface area contributed by atoms with Gasteiger partial charge < -0.3 is 5.32 Å². The number of amides is 2. The lowest BCUT2D eigenvalue weighted by Crippen LogP contribution is -2.57. The number of benzene rings is 4. The van der Waals surface area contributed by atoms with Gasteiger partial charge in [-0.1, -0.05) is 72.1 Å². The molecule has 0 saturated heterocycles. The van der Waals surface area contributed by atoms with Crippen molar-refractivity contribution in [1.29, 1.82) is 0 Å². The van der Waals surface area contributed by atoms with Crippen LogP contribution in [0.5, 0.6) is 0 Å². The molecule has 2 aliphatic rings. The van der Waals surface area contributed by atoms with Crippen molar-refractivity contribution in [2.75, 3.05) is 4.90 Å². The molecule has 1 atom stereocenters. The molecule has 0 bridgehead atoms. The lowest BCUT2D eigenvalue weighted by molar-refractivity contribution is 0.231. The number of nitrogens with one attached hydrogen (secondary N) is 1. The summed E-state index contributed by atoms with van der Waals surface area (Å²) in [7, 11) is 0. The molecule has 5 aromatic rings. The summed E-state index contributed by atoms with van der Waals surface area (Å²) >= 11 is 6.55. The minimum Gasteiger partial charge on any atom is -0.317 e. The highest BCUT2D eigenvalue weighted by Gasteiger charge is 2.51. The van der Waals surface area contributed by atoms with Crippen LogP contribution < -0.4 is 10.2 Å². The Labute approximate surface area is 226 Å². The third-order valence-electron chi connectivity index (χ3n) is 7.66. The van der Waals surface area contributed by atoms with Gasteiger partial charge in [0, 0.05) is 16.8 Å². The molecular formula is C33H24ClN3O. The minimum atomic E-state index is -0.813. The fourth-order valence-corrected chi connectivity index (χ4v) is 5.88. The molecular weight excluding hydrogens is 490 g/mol. The molecule has 5 heteroatoms. The van der Waals surface area contributed by atoms with Gasteiger partial charge in [-0.3, -0.25) is 4.90 Å². The first kappa shape index (κ1) is 22.8. The fraction of sp³-hybridized carbons (Fsp3) is 0.152. The van der Waals surface area contributed by atoms with Crippen molar-refractivity contribution < 1.29 is 4.79 Å². The van der Waals surface area contributed by atoms with Gasteiger partial charge in [0.2, 0.25) is 0 Å². The van der Waals surface area contributed by atoms with E-state index in [-0.39, 0.29) is 11.9 Å². The lowest BCUT2D eigenvalue weighted by atomic mass is 9.82. The zero-order valence-electron chi connectivity index (χ0n) is 20.6. The Kier molecular flexibility index (Phi) is 5.35. The van der Waals surface area contributed by atoms with Crippen LogP contribution in [0.15, 0.2) is 97.2 Å². The number of carbonyl (C=O) groups excluding carboxylic acids is 1. The van der Waals surface area contributed by atoms with Crippen molar-refractivity contribution in [2.45, 2.75) is 24.9 Å². The van der Waals surface area contributed by atoms with Crippen LogP contribution in [-0.4, -0.2) is 11.0 Å². The van der Waals surface area contributed by atoms with Crippen molar-refractivity contribution in [1.82, 2.24) is 10.3 Å². The molecule has 184 valence electrons. The summed E-state index contributed by atoms with van der Waals surface area (Å²) in [4.78, 5) is 20.2. The van der Waals surface area contributed by atoms with Gasteiger partial charge in [0.1, 0.15) is 11.2 Å². The van der Waals surface area contributed by atoms with Gasteiger partial charge >= 0.3 is 6.03 Å². The summed E-state index contributed by atoms with van der Waals surface area (Å²) in [5.41, 5.74) is 2.77. The van der Waals surface area contributed by atoms with Gasteiger partial charge in [0.15, 0.2) is 0 Å². The smallest absolute Gasteiger partial charge is 0.317 e. The second-order valence-electron chi connectivity index (χ2n) is 10.0. The molecule has 1 unspecified atom stereocenters. The fourth-order valence-electron chi connectivity index (χ4n) is 5.70. The van der Waals surface area contributed by atoms with E-state index in [2.05, 4.69) is 76.7 Å². The zero-order chi connectivity index (χ0) is 25.7. The van der Waals surface area contributed by atoms with Crippen molar-refractivity contribution >= 4 is 44.9 Å². The molecule has 1 aromatic heterocycles. The molecule has 1 aliphatic heterocycles. The van der Waals surface area contributed by atoms with Crippen LogP contribution in [0.4, 0.5) is 10.5 Å². The summed E-state index contributed by atoms with van der Waals surface area (Å²) in [5.74, 6) is 6.90. The third kappa shape index (κ3) is 3.79. The number of anilines is 1. The number of halogens is 1. The van der Waals surface area contributed by atoms with Crippen LogP contribution in [0.2, 0.25) is 5.02 Å². The van der Waals surface area contributed by atoms with Gasteiger partial charge in [-0.05, 0) is 88.2 Å². The highest BCUT2D eigenvalue weighted by Crippen LogP contribution is 2.51. The minimum absolute atomic E-state index is 0.154. The number of hydrogen-bond acceptors (Lipinski definition) is 2. The maximum absolute atomic E-state index is 14.0. The standard InChI is InChI=1S/C33H24ClN3O/c34-25-14-15-31-30(20-25)33(24-12-13-24,17-16-26-9-5-6-18-35-26)36-32(38)37(31)21-29-27-10-3-1-7-22(27)19-23-8-2-4-11-28(23)29/h1-11,14-15,18-20,24H,12-13,21H2,(H,36,38). The Morgan fingerprint density at radius 3 is 2.32 bits per heavy atom. The molecule has 2 amide bonds. The summed E-state index contributed by atoms with van der Waals surface area (Å²) in [6.45, 7) is 0.427. The molecule has 1 saturated carbocycles. The van der Waals surface area contributed by atoms with Gasteiger partial charge in [-0.25, -0.2) is 9.78 Å². The molecule has 38 heavy (non-hydrogen) atoms. The maximum Gasteiger partial charge on any atom is 0.323 e. The zero-order valence-corrected chi connectivity index (χ0v) is 21.4. The van der Waals surface area contributed by atoms with Gasteiger partial charge in [-0.15, -0.1) is 0 Å². The maximum atomic E-state index is 14.0. The summed E-state index contributed by atoms with van der Waals surface area (Å²) < 4.78 is 0. The quantitative estimate of drug-likeness (QED) is 0.201. The van der Waals surface area contributed by atoms with E-state index in [4.69, 9.17) is 11.6 Å². The summed E-state index contributed by atoms with van der Waals surface area (Å²) in [6, 6.07) is 30.2. The van der Waals surface area contributed by atoms with E-state index in [1.54, 1.807) is 6.20 Å². The Morgan fingerprint density at radius 1 is 0.921 bits per heavy atom. The topological polar surface area (TPSA) is 45.2 Å². The number of aromatic nitrogens is 1. The largest absolute Gasteiger partial charge is 0.323 e. The van der Waals surface area contributed by atoms with Crippen molar-refractivity contribution in [3.8, 4) is 11.8 Å². The number of pyridine rings is 1. The first-order valence-electron chi connectivity index (χ1n) is 12.9. The van der Waals surface area contributed by atoms with Crippen LogP contribution in [-0.2, 0) is 12.1 Å². The molecule has 2 heterocycles. The lowest BCUT2D eigenvalue weighted by Gasteiger charge is -2.41. The third-order valence-corrected chi connectivity index (χ3v) is 7.90. The number of carbonyl (C=O) groups is 1. The van der Waals surface area contributed by atoms with Crippen molar-refractivity contribution in [3.05, 3.63) is 119 Å². The SMILES string of the molecule is O=C1NC(C#Cc2ccccn2)(C2CC2)c2cc(Cl)ccc2N1Cc1c2ccccc2cc2ccccc12. The monoisotopic (exact) mass is 513 g/mol. The average molecular weight is 514 g/mol. The van der Waals surface area contributed by atoms with Crippen LogP contribution in [0.3, 0.4) is 0 Å². The van der Waals surface area contributed by atoms with Crippen LogP contribution in [0, 0.1) is 17.8 Å². The van der Waals surface area contributed by atoms with Crippen LogP contribution in [0.1, 0.15) is 29.7 Å². The molecule has 4 nitrogen and oxygen atoms in total. The highest BCUT2D eigenvalue weighted by atomic mass is 35.5. The van der Waals surface area contributed by atoms with E-state index in [9.17, 15) is 4.79 Å². The molecule has 1 aliphatic carbocycles. The average Bonchev–Trinajstić information content (AvgIpc) is 3.80. The van der Waals surface area contributed by atoms with Crippen LogP contribution >= 0.6 is 11.6 Å². The van der Waals surface area contributed by atoms with Gasteiger partial charge in [0.25, 0.3) is 0 Å². The Bertz CT molecular complexity index is 1730. The van der Waals surface area contributed by atoms with E-state index < -0.39 is 5.54 Å². The Hall–Kier alpha value is -4.33. The Balaban J connectivity index is 1.40. The number of nitrogens with zero attached hydrogens (tertiary/aromatic N) is 2. The van der Waals surface area contributed by atoms with Gasteiger partial charge in [0.05, 0.1) is 12.2 Å². The Morgan fingerprint density at radius 2 is 1.63 bits per heavy atom. The molecule has 0 spiro atoms. The molecule has 0 radical (unpaired) electrons. The second kappa shape index (κ2) is 8.90. The predicted octanol–water partition coefficient (Wildman–Crippen LogP) is 7.43.